The summed E-state index contributed by atoms with van der Waals surface area (Å²) >= 11 is 2.10. The van der Waals surface area contributed by atoms with Crippen molar-refractivity contribution in [2.75, 3.05) is 5.32 Å². The van der Waals surface area contributed by atoms with Gasteiger partial charge in [0.05, 0.1) is 3.92 Å². The Hall–Kier alpha value is -0.840. The van der Waals surface area contributed by atoms with E-state index in [4.69, 9.17) is 0 Å². The first-order chi connectivity index (χ1) is 7.15. The Labute approximate surface area is 104 Å². The van der Waals surface area contributed by atoms with Gasteiger partial charge in [0.2, 0.25) is 5.91 Å². The molecule has 0 saturated carbocycles. The minimum atomic E-state index is -0.0283. The molecule has 0 bridgehead atoms. The molecule has 0 fully saturated rings. The van der Waals surface area contributed by atoms with Crippen LogP contribution < -0.4 is 5.32 Å². The maximum Gasteiger partial charge on any atom is 0.237 e. The number of carbonyl (C=O) groups is 1. The summed E-state index contributed by atoms with van der Waals surface area (Å²) in [6.45, 7) is 5.56. The predicted octanol–water partition coefficient (Wildman–Crippen LogP) is 3.18. The van der Waals surface area contributed by atoms with E-state index in [-0.39, 0.29) is 9.83 Å². The number of hydrogen-bond acceptors (Lipinski definition) is 1. The fraction of sp³-hybridized carbons (Fsp3) is 0.250. The molecule has 15 heavy (non-hydrogen) atoms. The summed E-state index contributed by atoms with van der Waals surface area (Å²) in [6, 6.07) is 7.78. The van der Waals surface area contributed by atoms with Crippen LogP contribution >= 0.6 is 22.6 Å². The molecule has 1 rings (SSSR count). The molecule has 1 aromatic carbocycles. The van der Waals surface area contributed by atoms with Crippen LogP contribution in [0.2, 0.25) is 0 Å². The third kappa shape index (κ3) is 3.66. The SMILES string of the molecule is C=CCc1ccccc1NC(=O)C(C)I. The maximum absolute atomic E-state index is 11.5. The molecule has 0 aliphatic heterocycles. The monoisotopic (exact) mass is 315 g/mol. The average molecular weight is 315 g/mol. The van der Waals surface area contributed by atoms with Gasteiger partial charge in [-0.1, -0.05) is 46.9 Å². The normalized spacial score (nSPS) is 11.9. The maximum atomic E-state index is 11.5. The Morgan fingerprint density at radius 3 is 2.87 bits per heavy atom. The van der Waals surface area contributed by atoms with Crippen LogP contribution in [0, 0.1) is 0 Å². The predicted molar refractivity (Wildman–Crippen MR) is 72.5 cm³/mol. The quantitative estimate of drug-likeness (QED) is 0.516. The fourth-order valence-corrected chi connectivity index (χ4v) is 1.36. The Bertz CT molecular complexity index is 360. The Morgan fingerprint density at radius 1 is 1.60 bits per heavy atom. The van der Waals surface area contributed by atoms with Crippen LogP contribution in [0.1, 0.15) is 12.5 Å². The second-order valence-electron chi connectivity index (χ2n) is 3.26. The fourth-order valence-electron chi connectivity index (χ4n) is 1.21. The van der Waals surface area contributed by atoms with Gasteiger partial charge in [-0.3, -0.25) is 4.79 Å². The van der Waals surface area contributed by atoms with E-state index in [1.165, 1.54) is 0 Å². The summed E-state index contributed by atoms with van der Waals surface area (Å²) in [5, 5.41) is 2.90. The number of benzene rings is 1. The summed E-state index contributed by atoms with van der Waals surface area (Å²) in [4.78, 5) is 11.5. The van der Waals surface area contributed by atoms with Crippen LogP contribution in [0.25, 0.3) is 0 Å². The zero-order valence-corrected chi connectivity index (χ0v) is 10.8. The Kier molecular flexibility index (Phi) is 4.81. The van der Waals surface area contributed by atoms with E-state index in [1.54, 1.807) is 0 Å². The number of allylic oxidation sites excluding steroid dienone is 1. The summed E-state index contributed by atoms with van der Waals surface area (Å²) in [6.07, 6.45) is 2.60. The number of hydrogen-bond donors (Lipinski definition) is 1. The van der Waals surface area contributed by atoms with Crippen LogP contribution in [0.3, 0.4) is 0 Å². The lowest BCUT2D eigenvalue weighted by atomic mass is 10.1. The van der Waals surface area contributed by atoms with Crippen molar-refractivity contribution in [3.63, 3.8) is 0 Å². The molecule has 0 spiro atoms. The highest BCUT2D eigenvalue weighted by atomic mass is 127. The lowest BCUT2D eigenvalue weighted by Crippen LogP contribution is -2.20. The van der Waals surface area contributed by atoms with Crippen molar-refractivity contribution in [2.45, 2.75) is 17.3 Å². The number of amides is 1. The molecule has 0 saturated heterocycles. The number of halogens is 1. The number of carbonyl (C=O) groups excluding carboxylic acids is 1. The van der Waals surface area contributed by atoms with Crippen molar-refractivity contribution >= 4 is 34.2 Å². The van der Waals surface area contributed by atoms with E-state index < -0.39 is 0 Å². The minimum absolute atomic E-state index is 0.0283. The topological polar surface area (TPSA) is 29.1 Å². The highest BCUT2D eigenvalue weighted by Crippen LogP contribution is 2.17. The third-order valence-electron chi connectivity index (χ3n) is 2.00. The van der Waals surface area contributed by atoms with Gasteiger partial charge in [-0.05, 0) is 25.0 Å². The van der Waals surface area contributed by atoms with Crippen LogP contribution in [-0.2, 0) is 11.2 Å². The standard InChI is InChI=1S/C12H14INO/c1-3-6-10-7-4-5-8-11(10)14-12(15)9(2)13/h3-5,7-9H,1,6H2,2H3,(H,14,15). The first-order valence-electron chi connectivity index (χ1n) is 4.79. The second kappa shape index (κ2) is 5.90. The molecular weight excluding hydrogens is 301 g/mol. The van der Waals surface area contributed by atoms with E-state index in [0.29, 0.717) is 0 Å². The van der Waals surface area contributed by atoms with Gasteiger partial charge in [0.1, 0.15) is 0 Å². The lowest BCUT2D eigenvalue weighted by Gasteiger charge is -2.10. The molecule has 3 heteroatoms. The zero-order chi connectivity index (χ0) is 11.3. The van der Waals surface area contributed by atoms with Crippen molar-refractivity contribution in [1.82, 2.24) is 0 Å². The van der Waals surface area contributed by atoms with Gasteiger partial charge >= 0.3 is 0 Å². The Balaban J connectivity index is 2.83. The number of nitrogens with one attached hydrogen (secondary N) is 1. The lowest BCUT2D eigenvalue weighted by molar-refractivity contribution is -0.115. The molecule has 0 radical (unpaired) electrons. The number of para-hydroxylation sites is 1. The summed E-state index contributed by atoms with van der Waals surface area (Å²) in [5.41, 5.74) is 1.98. The molecule has 0 aliphatic carbocycles. The van der Waals surface area contributed by atoms with Gasteiger partial charge < -0.3 is 5.32 Å². The largest absolute Gasteiger partial charge is 0.325 e. The second-order valence-corrected chi connectivity index (χ2v) is 5.12. The molecule has 80 valence electrons. The third-order valence-corrected chi connectivity index (χ3v) is 2.57. The average Bonchev–Trinajstić information content (AvgIpc) is 2.21. The van der Waals surface area contributed by atoms with Crippen LogP contribution in [0.5, 0.6) is 0 Å². The highest BCUT2D eigenvalue weighted by Gasteiger charge is 2.10. The van der Waals surface area contributed by atoms with Gasteiger partial charge in [0.25, 0.3) is 0 Å². The van der Waals surface area contributed by atoms with Crippen molar-refractivity contribution in [1.29, 1.82) is 0 Å². The molecule has 1 atom stereocenters. The van der Waals surface area contributed by atoms with Crippen molar-refractivity contribution in [3.05, 3.63) is 42.5 Å². The van der Waals surface area contributed by atoms with Crippen molar-refractivity contribution in [2.24, 2.45) is 0 Å². The smallest absolute Gasteiger partial charge is 0.237 e. The molecule has 0 heterocycles. The molecule has 0 aliphatic rings. The van der Waals surface area contributed by atoms with Crippen LogP contribution in [-0.4, -0.2) is 9.83 Å². The van der Waals surface area contributed by atoms with E-state index >= 15 is 0 Å². The number of alkyl halides is 1. The highest BCUT2D eigenvalue weighted by molar-refractivity contribution is 14.1. The molecule has 0 aromatic heterocycles. The van der Waals surface area contributed by atoms with Gasteiger partial charge in [-0.15, -0.1) is 6.58 Å². The molecule has 1 amide bonds. The number of rotatable bonds is 4. The van der Waals surface area contributed by atoms with Crippen LogP contribution in [0.4, 0.5) is 5.69 Å². The molecule has 1 N–H and O–H groups in total. The van der Waals surface area contributed by atoms with Gasteiger partial charge in [-0.2, -0.15) is 0 Å². The summed E-state index contributed by atoms with van der Waals surface area (Å²) < 4.78 is -0.0283. The number of anilines is 1. The zero-order valence-electron chi connectivity index (χ0n) is 8.66. The van der Waals surface area contributed by atoms with E-state index in [9.17, 15) is 4.79 Å². The van der Waals surface area contributed by atoms with Gasteiger partial charge in [-0.25, -0.2) is 0 Å². The first kappa shape index (κ1) is 12.2. The summed E-state index contributed by atoms with van der Waals surface area (Å²) in [5.74, 6) is 0.0344. The van der Waals surface area contributed by atoms with Crippen molar-refractivity contribution < 1.29 is 4.79 Å². The molecule has 1 aromatic rings. The van der Waals surface area contributed by atoms with Gasteiger partial charge in [0.15, 0.2) is 0 Å². The van der Waals surface area contributed by atoms with E-state index in [2.05, 4.69) is 34.5 Å². The molecule has 2 nitrogen and oxygen atoms in total. The summed E-state index contributed by atoms with van der Waals surface area (Å²) in [7, 11) is 0. The molecule has 1 unspecified atom stereocenters. The van der Waals surface area contributed by atoms with E-state index in [0.717, 1.165) is 17.7 Å². The minimum Gasteiger partial charge on any atom is -0.325 e. The Morgan fingerprint density at radius 2 is 2.27 bits per heavy atom. The van der Waals surface area contributed by atoms with Crippen LogP contribution in [0.15, 0.2) is 36.9 Å². The van der Waals surface area contributed by atoms with Gasteiger partial charge in [0, 0.05) is 5.69 Å². The van der Waals surface area contributed by atoms with Crippen molar-refractivity contribution in [3.8, 4) is 0 Å². The first-order valence-corrected chi connectivity index (χ1v) is 6.03. The molecular formula is C12H14INO. The van der Waals surface area contributed by atoms with E-state index in [1.807, 2.05) is 37.3 Å².